The molecule has 9 nitrogen and oxygen atoms in total. The number of non-ortho nitro benzene ring substituents is 1. The summed E-state index contributed by atoms with van der Waals surface area (Å²) >= 11 is 0. The summed E-state index contributed by atoms with van der Waals surface area (Å²) in [5, 5.41) is 21.6. The van der Waals surface area contributed by atoms with Gasteiger partial charge in [-0.15, -0.1) is 5.10 Å². The fraction of sp³-hybridized carbons (Fsp3) is 0.250. The number of hydrogen-bond donors (Lipinski definition) is 1. The first-order chi connectivity index (χ1) is 14.4. The smallest absolute Gasteiger partial charge is 0.273 e. The quantitative estimate of drug-likeness (QED) is 0.346. The molecule has 0 fully saturated rings. The largest absolute Gasteiger partial charge is 0.372 e. The van der Waals surface area contributed by atoms with Gasteiger partial charge in [0.05, 0.1) is 22.0 Å². The molecular weight excluding hydrogens is 391 g/mol. The van der Waals surface area contributed by atoms with Crippen LogP contribution in [-0.2, 0) is 0 Å². The number of nitrogens with zero attached hydrogens (tertiary/aromatic N) is 5. The lowest BCUT2D eigenvalue weighted by Gasteiger charge is -2.19. The number of amides is 1. The summed E-state index contributed by atoms with van der Waals surface area (Å²) in [4.78, 5) is 24.7. The zero-order valence-electron chi connectivity index (χ0n) is 16.6. The number of nitro groups is 1. The highest BCUT2D eigenvalue weighted by Gasteiger charge is 2.18. The number of nitro benzene ring substituents is 1. The minimum atomic E-state index is -0.498. The molecule has 1 N–H and O–H groups in total. The maximum Gasteiger partial charge on any atom is 0.273 e. The van der Waals surface area contributed by atoms with E-state index in [1.165, 1.54) is 22.9 Å². The van der Waals surface area contributed by atoms with Crippen LogP contribution in [0.2, 0.25) is 0 Å². The highest BCUT2D eigenvalue weighted by molar-refractivity contribution is 5.93. The lowest BCUT2D eigenvalue weighted by Crippen LogP contribution is -2.29. The number of hydrogen-bond acceptors (Lipinski definition) is 6. The number of anilines is 1. The van der Waals surface area contributed by atoms with E-state index in [0.29, 0.717) is 36.6 Å². The minimum absolute atomic E-state index is 0.0765. The van der Waals surface area contributed by atoms with Gasteiger partial charge < -0.3 is 10.2 Å². The Hall–Kier alpha value is -3.82. The van der Waals surface area contributed by atoms with Gasteiger partial charge in [0.1, 0.15) is 5.82 Å². The molecule has 0 atom stereocenters. The zero-order chi connectivity index (χ0) is 21.7. The molecule has 1 heterocycles. The Kier molecular flexibility index (Phi) is 6.35. The molecule has 0 radical (unpaired) electrons. The Morgan fingerprint density at radius 2 is 2.03 bits per heavy atom. The summed E-state index contributed by atoms with van der Waals surface area (Å²) in [6.07, 6.45) is 0.606. The van der Waals surface area contributed by atoms with Gasteiger partial charge in [-0.1, -0.05) is 23.4 Å². The molecule has 0 aliphatic heterocycles. The summed E-state index contributed by atoms with van der Waals surface area (Å²) in [5.41, 5.74) is 1.48. The van der Waals surface area contributed by atoms with Crippen LogP contribution < -0.4 is 10.2 Å². The van der Waals surface area contributed by atoms with Gasteiger partial charge in [-0.25, -0.2) is 9.07 Å². The zero-order valence-corrected chi connectivity index (χ0v) is 16.6. The predicted octanol–water partition coefficient (Wildman–Crippen LogP) is 2.88. The third-order valence-corrected chi connectivity index (χ3v) is 4.61. The maximum atomic E-state index is 13.8. The van der Waals surface area contributed by atoms with E-state index < -0.39 is 10.8 Å². The highest BCUT2D eigenvalue weighted by atomic mass is 19.1. The molecule has 0 spiro atoms. The van der Waals surface area contributed by atoms with E-state index in [9.17, 15) is 19.3 Å². The summed E-state index contributed by atoms with van der Waals surface area (Å²) in [6, 6.07) is 12.4. The second kappa shape index (κ2) is 9.12. The van der Waals surface area contributed by atoms with Gasteiger partial charge in [0.25, 0.3) is 11.6 Å². The molecule has 1 amide bonds. The first kappa shape index (κ1) is 20.9. The molecule has 30 heavy (non-hydrogen) atoms. The fourth-order valence-corrected chi connectivity index (χ4v) is 3.01. The summed E-state index contributed by atoms with van der Waals surface area (Å²) in [6.45, 7) is 2.60. The SMILES string of the molecule is Cc1c(C(=O)NCCCN(C)c2ccccc2F)nnn1-c1cccc([N+](=O)[O-])c1. The number of carbonyl (C=O) groups excluding carboxylic acids is 1. The molecule has 0 aliphatic carbocycles. The van der Waals surface area contributed by atoms with Crippen LogP contribution in [0.1, 0.15) is 22.6 Å². The number of halogens is 1. The predicted molar refractivity (Wildman–Crippen MR) is 109 cm³/mol. The Morgan fingerprint density at radius 1 is 1.27 bits per heavy atom. The molecule has 2 aromatic carbocycles. The van der Waals surface area contributed by atoms with E-state index in [1.54, 1.807) is 49.2 Å². The van der Waals surface area contributed by atoms with Crippen molar-refractivity contribution in [2.24, 2.45) is 0 Å². The molecule has 0 saturated carbocycles. The molecule has 3 aromatic rings. The maximum absolute atomic E-state index is 13.8. The molecule has 0 unspecified atom stereocenters. The summed E-state index contributed by atoms with van der Waals surface area (Å²) in [7, 11) is 1.79. The number of para-hydroxylation sites is 1. The minimum Gasteiger partial charge on any atom is -0.372 e. The number of carbonyl (C=O) groups is 1. The van der Waals surface area contributed by atoms with E-state index in [4.69, 9.17) is 0 Å². The average Bonchev–Trinajstić information content (AvgIpc) is 3.12. The first-order valence-corrected chi connectivity index (χ1v) is 9.29. The van der Waals surface area contributed by atoms with Crippen molar-refractivity contribution in [2.75, 3.05) is 25.0 Å². The fourth-order valence-electron chi connectivity index (χ4n) is 3.01. The van der Waals surface area contributed by atoms with E-state index in [2.05, 4.69) is 15.6 Å². The van der Waals surface area contributed by atoms with Gasteiger partial charge in [-0.2, -0.15) is 0 Å². The molecule has 3 rings (SSSR count). The van der Waals surface area contributed by atoms with Crippen LogP contribution in [0, 0.1) is 22.9 Å². The van der Waals surface area contributed by atoms with Gasteiger partial charge >= 0.3 is 0 Å². The van der Waals surface area contributed by atoms with Crippen molar-refractivity contribution in [1.82, 2.24) is 20.3 Å². The lowest BCUT2D eigenvalue weighted by molar-refractivity contribution is -0.384. The van der Waals surface area contributed by atoms with Crippen LogP contribution in [0.3, 0.4) is 0 Å². The van der Waals surface area contributed by atoms with Crippen molar-refractivity contribution in [1.29, 1.82) is 0 Å². The normalized spacial score (nSPS) is 10.6. The Morgan fingerprint density at radius 3 is 2.77 bits per heavy atom. The van der Waals surface area contributed by atoms with Gasteiger partial charge in [0.15, 0.2) is 5.69 Å². The lowest BCUT2D eigenvalue weighted by atomic mass is 10.2. The highest BCUT2D eigenvalue weighted by Crippen LogP contribution is 2.19. The van der Waals surface area contributed by atoms with Gasteiger partial charge in [-0.05, 0) is 31.5 Å². The molecule has 10 heteroatoms. The number of rotatable bonds is 8. The second-order valence-electron chi connectivity index (χ2n) is 6.69. The van der Waals surface area contributed by atoms with Crippen molar-refractivity contribution in [3.63, 3.8) is 0 Å². The van der Waals surface area contributed by atoms with Crippen LogP contribution in [0.4, 0.5) is 15.8 Å². The first-order valence-electron chi connectivity index (χ1n) is 9.29. The van der Waals surface area contributed by atoms with E-state index in [0.717, 1.165) is 0 Å². The Bertz CT molecular complexity index is 1070. The third kappa shape index (κ3) is 4.59. The van der Waals surface area contributed by atoms with E-state index in [-0.39, 0.29) is 17.2 Å². The molecule has 1 aromatic heterocycles. The van der Waals surface area contributed by atoms with Crippen LogP contribution in [0.5, 0.6) is 0 Å². The molecule has 0 saturated heterocycles. The average molecular weight is 412 g/mol. The topological polar surface area (TPSA) is 106 Å². The van der Waals surface area contributed by atoms with Crippen molar-refractivity contribution < 1.29 is 14.1 Å². The standard InChI is InChI=1S/C20H21FN6O3/c1-14-19(23-24-26(14)15-7-5-8-16(13-15)27(29)30)20(28)22-11-6-12-25(2)18-10-4-3-9-17(18)21/h3-5,7-10,13H,6,11-12H2,1-2H3,(H,22,28). The van der Waals surface area contributed by atoms with Crippen LogP contribution in [0.15, 0.2) is 48.5 Å². The van der Waals surface area contributed by atoms with Gasteiger partial charge in [0, 0.05) is 32.3 Å². The van der Waals surface area contributed by atoms with E-state index in [1.807, 2.05) is 0 Å². The van der Waals surface area contributed by atoms with Gasteiger partial charge in [-0.3, -0.25) is 14.9 Å². The monoisotopic (exact) mass is 412 g/mol. The Labute approximate surface area is 172 Å². The molecule has 0 aliphatic rings. The van der Waals surface area contributed by atoms with Crippen molar-refractivity contribution >= 4 is 17.3 Å². The summed E-state index contributed by atoms with van der Waals surface area (Å²) in [5.74, 6) is -0.685. The Balaban J connectivity index is 1.58. The van der Waals surface area contributed by atoms with Gasteiger partial charge in [0.2, 0.25) is 0 Å². The van der Waals surface area contributed by atoms with E-state index >= 15 is 0 Å². The summed E-state index contributed by atoms with van der Waals surface area (Å²) < 4.78 is 15.2. The van der Waals surface area contributed by atoms with Crippen molar-refractivity contribution in [2.45, 2.75) is 13.3 Å². The molecule has 156 valence electrons. The van der Waals surface area contributed by atoms with Crippen molar-refractivity contribution in [3.05, 3.63) is 75.9 Å². The third-order valence-electron chi connectivity index (χ3n) is 4.61. The van der Waals surface area contributed by atoms with Crippen LogP contribution >= 0.6 is 0 Å². The second-order valence-corrected chi connectivity index (χ2v) is 6.69. The number of benzene rings is 2. The molecule has 0 bridgehead atoms. The molecular formula is C20H21FN6O3. The van der Waals surface area contributed by atoms with Crippen LogP contribution in [-0.4, -0.2) is 46.0 Å². The van der Waals surface area contributed by atoms with Crippen LogP contribution in [0.25, 0.3) is 5.69 Å². The number of nitrogens with one attached hydrogen (secondary N) is 1. The van der Waals surface area contributed by atoms with Crippen molar-refractivity contribution in [3.8, 4) is 5.69 Å². The number of aromatic nitrogens is 3.